The molecule has 3 aromatic rings. The second-order valence-corrected chi connectivity index (χ2v) is 6.42. The van der Waals surface area contributed by atoms with Crippen LogP contribution in [-0.4, -0.2) is 29.7 Å². The predicted molar refractivity (Wildman–Crippen MR) is 107 cm³/mol. The van der Waals surface area contributed by atoms with Gasteiger partial charge in [0.2, 0.25) is 5.91 Å². The molecule has 2 aromatic carbocycles. The molecule has 7 nitrogen and oxygen atoms in total. The molecule has 0 aliphatic rings. The number of aryl methyl sites for hydroxylation is 2. The highest BCUT2D eigenvalue weighted by Gasteiger charge is 2.10. The van der Waals surface area contributed by atoms with Crippen molar-refractivity contribution in [3.63, 3.8) is 0 Å². The van der Waals surface area contributed by atoms with Crippen LogP contribution in [-0.2, 0) is 17.9 Å². The lowest BCUT2D eigenvalue weighted by Gasteiger charge is -2.12. The summed E-state index contributed by atoms with van der Waals surface area (Å²) in [6, 6.07) is 10.9. The Bertz CT molecular complexity index is 1060. The number of rotatable bonds is 7. The van der Waals surface area contributed by atoms with E-state index >= 15 is 0 Å². The number of benzene rings is 2. The molecule has 0 unspecified atom stereocenters. The number of fused-ring (bicyclic) bond motifs is 1. The Morgan fingerprint density at radius 1 is 1.18 bits per heavy atom. The largest absolute Gasteiger partial charge is 0.497 e. The summed E-state index contributed by atoms with van der Waals surface area (Å²) in [6.45, 7) is 2.49. The first-order chi connectivity index (χ1) is 13.5. The number of carbonyl (C=O) groups excluding carboxylic acids is 1. The number of ether oxygens (including phenoxy) is 2. The Labute approximate surface area is 162 Å². The van der Waals surface area contributed by atoms with E-state index in [4.69, 9.17) is 9.47 Å². The summed E-state index contributed by atoms with van der Waals surface area (Å²) >= 11 is 0. The van der Waals surface area contributed by atoms with Gasteiger partial charge in [-0.25, -0.2) is 4.98 Å². The Morgan fingerprint density at radius 3 is 2.75 bits per heavy atom. The van der Waals surface area contributed by atoms with Crippen molar-refractivity contribution in [1.29, 1.82) is 0 Å². The maximum atomic E-state index is 12.6. The van der Waals surface area contributed by atoms with E-state index in [1.807, 2.05) is 25.1 Å². The number of amides is 1. The van der Waals surface area contributed by atoms with Gasteiger partial charge in [0.1, 0.15) is 11.5 Å². The van der Waals surface area contributed by atoms with Crippen molar-refractivity contribution >= 4 is 16.8 Å². The molecule has 28 heavy (non-hydrogen) atoms. The average Bonchev–Trinajstić information content (AvgIpc) is 2.72. The minimum atomic E-state index is -0.166. The molecule has 0 atom stereocenters. The average molecular weight is 381 g/mol. The third kappa shape index (κ3) is 4.14. The fourth-order valence-corrected chi connectivity index (χ4v) is 3.02. The van der Waals surface area contributed by atoms with Crippen LogP contribution < -0.4 is 20.3 Å². The summed E-state index contributed by atoms with van der Waals surface area (Å²) in [5.74, 6) is 1.20. The van der Waals surface area contributed by atoms with Gasteiger partial charge >= 0.3 is 0 Å². The SMILES string of the molecule is COc1ccc(OC)c(CNC(=O)CCn2cnc3c(C)cccc3c2=O)c1. The van der Waals surface area contributed by atoms with E-state index in [0.29, 0.717) is 28.9 Å². The van der Waals surface area contributed by atoms with Crippen LogP contribution in [0.4, 0.5) is 0 Å². The van der Waals surface area contributed by atoms with Gasteiger partial charge in [-0.1, -0.05) is 12.1 Å². The van der Waals surface area contributed by atoms with Crippen molar-refractivity contribution in [2.24, 2.45) is 0 Å². The lowest BCUT2D eigenvalue weighted by molar-refractivity contribution is -0.121. The quantitative estimate of drug-likeness (QED) is 0.680. The Morgan fingerprint density at radius 2 is 2.00 bits per heavy atom. The topological polar surface area (TPSA) is 82.4 Å². The van der Waals surface area contributed by atoms with E-state index in [1.54, 1.807) is 32.4 Å². The fraction of sp³-hybridized carbons (Fsp3) is 0.286. The van der Waals surface area contributed by atoms with E-state index in [0.717, 1.165) is 11.1 Å². The van der Waals surface area contributed by atoms with Crippen LogP contribution in [0.2, 0.25) is 0 Å². The maximum absolute atomic E-state index is 12.6. The Balaban J connectivity index is 1.65. The van der Waals surface area contributed by atoms with Crippen LogP contribution in [0.25, 0.3) is 10.9 Å². The molecule has 1 N–H and O–H groups in total. The minimum absolute atomic E-state index is 0.143. The first-order valence-electron chi connectivity index (χ1n) is 8.96. The van der Waals surface area contributed by atoms with E-state index < -0.39 is 0 Å². The van der Waals surface area contributed by atoms with Gasteiger partial charge in [-0.3, -0.25) is 14.2 Å². The lowest BCUT2D eigenvalue weighted by atomic mass is 10.1. The number of aromatic nitrogens is 2. The molecular weight excluding hydrogens is 358 g/mol. The maximum Gasteiger partial charge on any atom is 0.261 e. The third-order valence-corrected chi connectivity index (χ3v) is 4.60. The zero-order valence-electron chi connectivity index (χ0n) is 16.2. The summed E-state index contributed by atoms with van der Waals surface area (Å²) < 4.78 is 12.0. The molecule has 1 heterocycles. The van der Waals surface area contributed by atoms with E-state index in [1.165, 1.54) is 10.9 Å². The standard InChI is InChI=1S/C21H23N3O4/c1-14-5-4-6-17-20(14)23-13-24(21(17)26)10-9-19(25)22-12-15-11-16(27-2)7-8-18(15)28-3/h4-8,11,13H,9-10,12H2,1-3H3,(H,22,25). The number of methoxy groups -OCH3 is 2. The summed E-state index contributed by atoms with van der Waals surface area (Å²) in [5.41, 5.74) is 2.32. The van der Waals surface area contributed by atoms with Gasteiger partial charge in [0.15, 0.2) is 0 Å². The minimum Gasteiger partial charge on any atom is -0.497 e. The number of hydrogen-bond donors (Lipinski definition) is 1. The second-order valence-electron chi connectivity index (χ2n) is 6.42. The highest BCUT2D eigenvalue weighted by molar-refractivity contribution is 5.80. The van der Waals surface area contributed by atoms with Crippen molar-refractivity contribution in [3.05, 3.63) is 64.2 Å². The van der Waals surface area contributed by atoms with Crippen molar-refractivity contribution in [2.45, 2.75) is 26.4 Å². The monoisotopic (exact) mass is 381 g/mol. The van der Waals surface area contributed by atoms with E-state index in [2.05, 4.69) is 10.3 Å². The van der Waals surface area contributed by atoms with Gasteiger partial charge in [-0.15, -0.1) is 0 Å². The molecule has 1 amide bonds. The summed E-state index contributed by atoms with van der Waals surface area (Å²) in [4.78, 5) is 29.2. The van der Waals surface area contributed by atoms with Gasteiger partial charge in [-0.05, 0) is 36.8 Å². The molecule has 1 aromatic heterocycles. The molecule has 0 bridgehead atoms. The molecule has 7 heteroatoms. The number of nitrogens with zero attached hydrogens (tertiary/aromatic N) is 2. The Kier molecular flexibility index (Phi) is 5.93. The zero-order chi connectivity index (χ0) is 20.1. The van der Waals surface area contributed by atoms with Crippen LogP contribution in [0, 0.1) is 6.92 Å². The van der Waals surface area contributed by atoms with E-state index in [-0.39, 0.29) is 24.4 Å². The molecule has 0 fully saturated rings. The van der Waals surface area contributed by atoms with Crippen molar-refractivity contribution in [1.82, 2.24) is 14.9 Å². The molecule has 146 valence electrons. The molecule has 0 saturated heterocycles. The smallest absolute Gasteiger partial charge is 0.261 e. The van der Waals surface area contributed by atoms with Gasteiger partial charge in [-0.2, -0.15) is 0 Å². The van der Waals surface area contributed by atoms with Crippen LogP contribution >= 0.6 is 0 Å². The number of nitrogens with one attached hydrogen (secondary N) is 1. The fourth-order valence-electron chi connectivity index (χ4n) is 3.02. The van der Waals surface area contributed by atoms with Gasteiger partial charge < -0.3 is 14.8 Å². The number of carbonyl (C=O) groups is 1. The Hall–Kier alpha value is -3.35. The van der Waals surface area contributed by atoms with Crippen LogP contribution in [0.15, 0.2) is 47.5 Å². The number of para-hydroxylation sites is 1. The molecule has 0 aliphatic heterocycles. The normalized spacial score (nSPS) is 10.7. The van der Waals surface area contributed by atoms with Gasteiger partial charge in [0, 0.05) is 25.1 Å². The first kappa shape index (κ1) is 19.4. The first-order valence-corrected chi connectivity index (χ1v) is 8.96. The molecular formula is C21H23N3O4. The molecule has 0 spiro atoms. The van der Waals surface area contributed by atoms with Crippen molar-refractivity contribution in [2.75, 3.05) is 14.2 Å². The highest BCUT2D eigenvalue weighted by Crippen LogP contribution is 2.23. The predicted octanol–water partition coefficient (Wildman–Crippen LogP) is 2.43. The molecule has 0 saturated carbocycles. The molecule has 0 radical (unpaired) electrons. The van der Waals surface area contributed by atoms with E-state index in [9.17, 15) is 9.59 Å². The summed E-state index contributed by atoms with van der Waals surface area (Å²) in [6.07, 6.45) is 1.67. The lowest BCUT2D eigenvalue weighted by Crippen LogP contribution is -2.27. The zero-order valence-corrected chi connectivity index (χ0v) is 16.2. The number of hydrogen-bond acceptors (Lipinski definition) is 5. The molecule has 3 rings (SSSR count). The second kappa shape index (κ2) is 8.56. The van der Waals surface area contributed by atoms with Crippen molar-refractivity contribution in [3.8, 4) is 11.5 Å². The van der Waals surface area contributed by atoms with Crippen LogP contribution in [0.1, 0.15) is 17.5 Å². The van der Waals surface area contributed by atoms with Crippen molar-refractivity contribution < 1.29 is 14.3 Å². The van der Waals surface area contributed by atoms with Gasteiger partial charge in [0.25, 0.3) is 5.56 Å². The summed E-state index contributed by atoms with van der Waals surface area (Å²) in [7, 11) is 3.16. The third-order valence-electron chi connectivity index (χ3n) is 4.60. The van der Waals surface area contributed by atoms with Crippen LogP contribution in [0.5, 0.6) is 11.5 Å². The molecule has 0 aliphatic carbocycles. The van der Waals surface area contributed by atoms with Gasteiger partial charge in [0.05, 0.1) is 31.4 Å². The summed E-state index contributed by atoms with van der Waals surface area (Å²) in [5, 5.41) is 3.41. The highest BCUT2D eigenvalue weighted by atomic mass is 16.5. The van der Waals surface area contributed by atoms with Crippen LogP contribution in [0.3, 0.4) is 0 Å².